The Morgan fingerprint density at radius 1 is 1.35 bits per heavy atom. The molecule has 120 valence electrons. The van der Waals surface area contributed by atoms with Crippen LogP contribution >= 0.6 is 0 Å². The zero-order valence-electron chi connectivity index (χ0n) is 13.6. The second-order valence-corrected chi connectivity index (χ2v) is 5.96. The number of rotatable bonds is 5. The zero-order chi connectivity index (χ0) is 16.2. The number of aromatic nitrogens is 1. The number of benzene rings is 1. The Labute approximate surface area is 136 Å². The first kappa shape index (κ1) is 15.5. The SMILES string of the molecule is CCCC(=O)NC[C@@H]1Cc2cccc(-c3ncccc3C)c2O1. The molecule has 0 saturated heterocycles. The minimum Gasteiger partial charge on any atom is -0.487 e. The highest BCUT2D eigenvalue weighted by Crippen LogP contribution is 2.38. The Morgan fingerprint density at radius 3 is 3.00 bits per heavy atom. The fourth-order valence-corrected chi connectivity index (χ4v) is 2.95. The van der Waals surface area contributed by atoms with Crippen molar-refractivity contribution >= 4 is 5.91 Å². The van der Waals surface area contributed by atoms with E-state index in [1.807, 2.05) is 25.1 Å². The van der Waals surface area contributed by atoms with Gasteiger partial charge in [0.25, 0.3) is 0 Å². The van der Waals surface area contributed by atoms with Gasteiger partial charge in [-0.05, 0) is 36.6 Å². The lowest BCUT2D eigenvalue weighted by molar-refractivity contribution is -0.121. The number of carbonyl (C=O) groups excluding carboxylic acids is 1. The summed E-state index contributed by atoms with van der Waals surface area (Å²) >= 11 is 0. The summed E-state index contributed by atoms with van der Waals surface area (Å²) in [5.41, 5.74) is 4.30. The molecule has 0 aliphatic carbocycles. The van der Waals surface area contributed by atoms with Gasteiger partial charge in [0.15, 0.2) is 0 Å². The maximum atomic E-state index is 11.6. The minimum atomic E-state index is -0.00373. The lowest BCUT2D eigenvalue weighted by atomic mass is 10.0. The molecule has 0 unspecified atom stereocenters. The Morgan fingerprint density at radius 2 is 2.22 bits per heavy atom. The van der Waals surface area contributed by atoms with Gasteiger partial charge in [0, 0.05) is 24.6 Å². The van der Waals surface area contributed by atoms with E-state index in [9.17, 15) is 4.79 Å². The van der Waals surface area contributed by atoms with Crippen LogP contribution in [0.3, 0.4) is 0 Å². The van der Waals surface area contributed by atoms with E-state index in [0.717, 1.165) is 35.4 Å². The summed E-state index contributed by atoms with van der Waals surface area (Å²) in [6.07, 6.45) is 4.05. The summed E-state index contributed by atoms with van der Waals surface area (Å²) in [5, 5.41) is 2.95. The van der Waals surface area contributed by atoms with Crippen LogP contribution in [0.4, 0.5) is 0 Å². The molecule has 4 heteroatoms. The normalized spacial score (nSPS) is 15.8. The molecule has 1 aromatic heterocycles. The second-order valence-electron chi connectivity index (χ2n) is 5.96. The van der Waals surface area contributed by atoms with Crippen molar-refractivity contribution in [3.05, 3.63) is 47.7 Å². The topological polar surface area (TPSA) is 51.2 Å². The quantitative estimate of drug-likeness (QED) is 0.922. The Balaban J connectivity index is 1.77. The third-order valence-corrected chi connectivity index (χ3v) is 4.10. The van der Waals surface area contributed by atoms with Gasteiger partial charge in [-0.2, -0.15) is 0 Å². The number of hydrogen-bond donors (Lipinski definition) is 1. The van der Waals surface area contributed by atoms with Crippen LogP contribution in [0.2, 0.25) is 0 Å². The van der Waals surface area contributed by atoms with Gasteiger partial charge in [-0.15, -0.1) is 0 Å². The molecule has 1 amide bonds. The number of para-hydroxylation sites is 1. The van der Waals surface area contributed by atoms with Crippen LogP contribution in [0.15, 0.2) is 36.5 Å². The van der Waals surface area contributed by atoms with Crippen molar-refractivity contribution in [1.82, 2.24) is 10.3 Å². The molecule has 1 aliphatic rings. The fraction of sp³-hybridized carbons (Fsp3) is 0.368. The smallest absolute Gasteiger partial charge is 0.220 e. The summed E-state index contributed by atoms with van der Waals surface area (Å²) in [6, 6.07) is 10.2. The van der Waals surface area contributed by atoms with Crippen molar-refractivity contribution in [2.75, 3.05) is 6.54 Å². The number of ether oxygens (including phenoxy) is 1. The van der Waals surface area contributed by atoms with E-state index < -0.39 is 0 Å². The van der Waals surface area contributed by atoms with Crippen molar-refractivity contribution < 1.29 is 9.53 Å². The molecule has 0 saturated carbocycles. The molecular weight excluding hydrogens is 288 g/mol. The highest BCUT2D eigenvalue weighted by atomic mass is 16.5. The number of nitrogens with one attached hydrogen (secondary N) is 1. The van der Waals surface area contributed by atoms with Crippen LogP contribution in [0.5, 0.6) is 5.75 Å². The van der Waals surface area contributed by atoms with Crippen LogP contribution in [0.1, 0.15) is 30.9 Å². The summed E-state index contributed by atoms with van der Waals surface area (Å²) in [5.74, 6) is 0.997. The Bertz CT molecular complexity index is 712. The number of nitrogens with zero attached hydrogens (tertiary/aromatic N) is 1. The molecule has 2 heterocycles. The van der Waals surface area contributed by atoms with E-state index in [-0.39, 0.29) is 12.0 Å². The van der Waals surface area contributed by atoms with Gasteiger partial charge >= 0.3 is 0 Å². The van der Waals surface area contributed by atoms with Crippen molar-refractivity contribution in [3.8, 4) is 17.0 Å². The van der Waals surface area contributed by atoms with Gasteiger partial charge in [-0.3, -0.25) is 9.78 Å². The molecule has 1 N–H and O–H groups in total. The number of hydrogen-bond acceptors (Lipinski definition) is 3. The molecule has 2 aromatic rings. The first-order valence-corrected chi connectivity index (χ1v) is 8.16. The van der Waals surface area contributed by atoms with Crippen molar-refractivity contribution in [3.63, 3.8) is 0 Å². The van der Waals surface area contributed by atoms with E-state index in [1.54, 1.807) is 6.20 Å². The lowest BCUT2D eigenvalue weighted by Crippen LogP contribution is -2.34. The number of carbonyl (C=O) groups is 1. The number of amides is 1. The van der Waals surface area contributed by atoms with E-state index in [1.165, 1.54) is 5.56 Å². The van der Waals surface area contributed by atoms with Crippen LogP contribution < -0.4 is 10.1 Å². The Kier molecular flexibility index (Phi) is 4.60. The van der Waals surface area contributed by atoms with Gasteiger partial charge in [-0.1, -0.05) is 25.1 Å². The van der Waals surface area contributed by atoms with Crippen molar-refractivity contribution in [1.29, 1.82) is 0 Å². The molecule has 1 atom stereocenters. The van der Waals surface area contributed by atoms with E-state index in [4.69, 9.17) is 4.74 Å². The Hall–Kier alpha value is -2.36. The average molecular weight is 310 g/mol. The molecule has 4 nitrogen and oxygen atoms in total. The molecule has 0 radical (unpaired) electrons. The van der Waals surface area contributed by atoms with Gasteiger partial charge < -0.3 is 10.1 Å². The molecule has 1 aliphatic heterocycles. The van der Waals surface area contributed by atoms with Crippen LogP contribution in [-0.2, 0) is 11.2 Å². The molecule has 0 fully saturated rings. The summed E-state index contributed by atoms with van der Waals surface area (Å²) in [6.45, 7) is 4.61. The highest BCUT2D eigenvalue weighted by Gasteiger charge is 2.26. The van der Waals surface area contributed by atoms with E-state index in [0.29, 0.717) is 13.0 Å². The third-order valence-electron chi connectivity index (χ3n) is 4.10. The molecular formula is C19H22N2O2. The first-order valence-electron chi connectivity index (χ1n) is 8.16. The van der Waals surface area contributed by atoms with Crippen LogP contribution in [0, 0.1) is 6.92 Å². The third kappa shape index (κ3) is 3.36. The first-order chi connectivity index (χ1) is 11.2. The molecule has 0 bridgehead atoms. The van der Waals surface area contributed by atoms with Gasteiger partial charge in [-0.25, -0.2) is 0 Å². The average Bonchev–Trinajstić information content (AvgIpc) is 2.97. The zero-order valence-corrected chi connectivity index (χ0v) is 13.6. The molecule has 3 rings (SSSR count). The second kappa shape index (κ2) is 6.82. The summed E-state index contributed by atoms with van der Waals surface area (Å²) < 4.78 is 6.12. The van der Waals surface area contributed by atoms with Gasteiger partial charge in [0.05, 0.1) is 12.2 Å². The molecule has 23 heavy (non-hydrogen) atoms. The number of fused-ring (bicyclic) bond motifs is 1. The number of aryl methyl sites for hydroxylation is 1. The highest BCUT2D eigenvalue weighted by molar-refractivity contribution is 5.76. The minimum absolute atomic E-state index is 0.00373. The lowest BCUT2D eigenvalue weighted by Gasteiger charge is -2.14. The van der Waals surface area contributed by atoms with E-state index in [2.05, 4.69) is 29.4 Å². The maximum absolute atomic E-state index is 11.6. The van der Waals surface area contributed by atoms with E-state index >= 15 is 0 Å². The van der Waals surface area contributed by atoms with Crippen molar-refractivity contribution in [2.24, 2.45) is 0 Å². The molecule has 0 spiro atoms. The van der Waals surface area contributed by atoms with Gasteiger partial charge in [0.2, 0.25) is 5.91 Å². The summed E-state index contributed by atoms with van der Waals surface area (Å²) in [4.78, 5) is 16.1. The van der Waals surface area contributed by atoms with Crippen LogP contribution in [0.25, 0.3) is 11.3 Å². The summed E-state index contributed by atoms with van der Waals surface area (Å²) in [7, 11) is 0. The van der Waals surface area contributed by atoms with Gasteiger partial charge in [0.1, 0.15) is 11.9 Å². The molecule has 1 aromatic carbocycles. The van der Waals surface area contributed by atoms with Crippen molar-refractivity contribution in [2.45, 2.75) is 39.2 Å². The monoisotopic (exact) mass is 310 g/mol. The largest absolute Gasteiger partial charge is 0.487 e. The maximum Gasteiger partial charge on any atom is 0.220 e. The number of pyridine rings is 1. The predicted molar refractivity (Wildman–Crippen MR) is 90.4 cm³/mol. The van der Waals surface area contributed by atoms with Crippen LogP contribution in [-0.4, -0.2) is 23.5 Å². The fourth-order valence-electron chi connectivity index (χ4n) is 2.95. The standard InChI is InChI=1S/C19H22N2O2/c1-3-6-17(22)21-12-15-11-14-8-4-9-16(19(14)23-15)18-13(2)7-5-10-20-18/h4-5,7-10,15H,3,6,11-12H2,1-2H3,(H,21,22)/t15-/m0/s1. The predicted octanol–water partition coefficient (Wildman–Crippen LogP) is 3.28.